The zero-order valence-electron chi connectivity index (χ0n) is 16.9. The van der Waals surface area contributed by atoms with E-state index in [1.807, 2.05) is 0 Å². The summed E-state index contributed by atoms with van der Waals surface area (Å²) in [5.41, 5.74) is 3.97. The van der Waals surface area contributed by atoms with Crippen LogP contribution in [-0.2, 0) is 17.9 Å². The lowest BCUT2D eigenvalue weighted by Crippen LogP contribution is -2.24. The molecule has 0 aliphatic carbocycles. The van der Waals surface area contributed by atoms with Crippen LogP contribution in [0.2, 0.25) is 0 Å². The molecule has 0 fully saturated rings. The van der Waals surface area contributed by atoms with Gasteiger partial charge in [0.1, 0.15) is 36.1 Å². The minimum atomic E-state index is -0.520. The molecule has 0 spiro atoms. The topological polar surface area (TPSA) is 112 Å². The third-order valence-electron chi connectivity index (χ3n) is 4.45. The number of amides is 1. The molecule has 2 aromatic carbocycles. The number of nitro groups is 1. The summed E-state index contributed by atoms with van der Waals surface area (Å²) in [5.74, 6) is -0.228. The second kappa shape index (κ2) is 9.61. The van der Waals surface area contributed by atoms with E-state index < -0.39 is 10.8 Å². The first-order chi connectivity index (χ1) is 14.8. The molecule has 0 saturated heterocycles. The molecule has 9 nitrogen and oxygen atoms in total. The summed E-state index contributed by atoms with van der Waals surface area (Å²) in [4.78, 5) is 22.5. The third-order valence-corrected chi connectivity index (χ3v) is 4.45. The monoisotopic (exact) mass is 425 g/mol. The van der Waals surface area contributed by atoms with E-state index in [0.717, 1.165) is 0 Å². The van der Waals surface area contributed by atoms with E-state index in [2.05, 4.69) is 15.6 Å². The van der Waals surface area contributed by atoms with Crippen molar-refractivity contribution in [2.75, 3.05) is 0 Å². The molecule has 0 unspecified atom stereocenters. The van der Waals surface area contributed by atoms with E-state index in [1.165, 1.54) is 30.8 Å². The van der Waals surface area contributed by atoms with Crippen LogP contribution in [0.4, 0.5) is 10.1 Å². The van der Waals surface area contributed by atoms with Crippen molar-refractivity contribution in [2.24, 2.45) is 5.10 Å². The minimum absolute atomic E-state index is 0.103. The summed E-state index contributed by atoms with van der Waals surface area (Å²) in [5, 5.41) is 18.9. The second-order valence-corrected chi connectivity index (χ2v) is 6.68. The van der Waals surface area contributed by atoms with Crippen LogP contribution >= 0.6 is 0 Å². The quantitative estimate of drug-likeness (QED) is 0.338. The summed E-state index contributed by atoms with van der Waals surface area (Å²) >= 11 is 0. The average molecular weight is 425 g/mol. The number of carbonyl (C=O) groups is 1. The zero-order valence-corrected chi connectivity index (χ0v) is 16.9. The summed E-state index contributed by atoms with van der Waals surface area (Å²) in [7, 11) is 0. The Balaban J connectivity index is 1.52. The Bertz CT molecular complexity index is 1130. The van der Waals surface area contributed by atoms with Gasteiger partial charge >= 0.3 is 5.69 Å². The predicted octanol–water partition coefficient (Wildman–Crippen LogP) is 3.28. The second-order valence-electron chi connectivity index (χ2n) is 6.68. The van der Waals surface area contributed by atoms with Crippen molar-refractivity contribution in [1.29, 1.82) is 0 Å². The lowest BCUT2D eigenvalue weighted by atomic mass is 10.2. The van der Waals surface area contributed by atoms with Gasteiger partial charge in [0.2, 0.25) is 0 Å². The van der Waals surface area contributed by atoms with Crippen LogP contribution in [0.5, 0.6) is 5.75 Å². The maximum Gasteiger partial charge on any atom is 0.312 e. The van der Waals surface area contributed by atoms with E-state index in [1.54, 1.807) is 42.5 Å². The molecule has 0 bridgehead atoms. The highest BCUT2D eigenvalue weighted by Gasteiger charge is 2.22. The van der Waals surface area contributed by atoms with Gasteiger partial charge in [0.25, 0.3) is 5.91 Å². The van der Waals surface area contributed by atoms with Crippen molar-refractivity contribution in [2.45, 2.75) is 27.0 Å². The van der Waals surface area contributed by atoms with Gasteiger partial charge in [-0.05, 0) is 49.7 Å². The number of carbonyl (C=O) groups excluding carboxylic acids is 1. The van der Waals surface area contributed by atoms with Gasteiger partial charge in [0.15, 0.2) is 0 Å². The highest BCUT2D eigenvalue weighted by atomic mass is 19.1. The summed E-state index contributed by atoms with van der Waals surface area (Å²) < 4.78 is 20.4. The molecule has 1 amide bonds. The Morgan fingerprint density at radius 3 is 2.61 bits per heavy atom. The average Bonchev–Trinajstić information content (AvgIpc) is 3.01. The zero-order chi connectivity index (χ0) is 22.4. The van der Waals surface area contributed by atoms with E-state index in [4.69, 9.17) is 4.74 Å². The predicted molar refractivity (Wildman–Crippen MR) is 111 cm³/mol. The van der Waals surface area contributed by atoms with Gasteiger partial charge in [0.05, 0.1) is 11.1 Å². The molecular weight excluding hydrogens is 405 g/mol. The number of hydrazone groups is 1. The van der Waals surface area contributed by atoms with Crippen LogP contribution in [0.1, 0.15) is 22.5 Å². The lowest BCUT2D eigenvalue weighted by Gasteiger charge is -2.07. The summed E-state index contributed by atoms with van der Waals surface area (Å²) in [6, 6.07) is 13.3. The van der Waals surface area contributed by atoms with Crippen molar-refractivity contribution in [1.82, 2.24) is 15.2 Å². The Morgan fingerprint density at radius 1 is 1.26 bits per heavy atom. The molecular formula is C21H20FN5O4. The van der Waals surface area contributed by atoms with Crippen LogP contribution in [-0.4, -0.2) is 26.8 Å². The molecule has 3 aromatic rings. The van der Waals surface area contributed by atoms with Crippen molar-refractivity contribution >= 4 is 17.8 Å². The number of hydrogen-bond donors (Lipinski definition) is 1. The molecule has 0 aliphatic rings. The number of ether oxygens (including phenoxy) is 1. The van der Waals surface area contributed by atoms with Gasteiger partial charge in [-0.15, -0.1) is 0 Å². The molecule has 0 radical (unpaired) electrons. The van der Waals surface area contributed by atoms with Crippen LogP contribution in [0.15, 0.2) is 53.6 Å². The number of halogens is 1. The molecule has 3 rings (SSSR count). The molecule has 31 heavy (non-hydrogen) atoms. The fourth-order valence-electron chi connectivity index (χ4n) is 2.88. The Kier molecular flexibility index (Phi) is 6.71. The molecule has 10 heteroatoms. The molecule has 0 atom stereocenters. The number of aryl methyl sites for hydroxylation is 1. The largest absolute Gasteiger partial charge is 0.489 e. The number of aromatic nitrogens is 2. The molecule has 0 aliphatic heterocycles. The van der Waals surface area contributed by atoms with Crippen LogP contribution in [0.3, 0.4) is 0 Å². The van der Waals surface area contributed by atoms with Crippen LogP contribution in [0, 0.1) is 29.8 Å². The molecule has 1 N–H and O–H groups in total. The Hall–Kier alpha value is -4.08. The maximum atomic E-state index is 13.6. The third kappa shape index (κ3) is 5.50. The van der Waals surface area contributed by atoms with Crippen LogP contribution < -0.4 is 10.2 Å². The first kappa shape index (κ1) is 21.6. The van der Waals surface area contributed by atoms with E-state index in [0.29, 0.717) is 22.6 Å². The first-order valence-electron chi connectivity index (χ1n) is 9.31. The van der Waals surface area contributed by atoms with Gasteiger partial charge in [-0.25, -0.2) is 9.82 Å². The summed E-state index contributed by atoms with van der Waals surface area (Å²) in [6.45, 7) is 2.97. The normalized spacial score (nSPS) is 10.9. The fourth-order valence-corrected chi connectivity index (χ4v) is 2.88. The van der Waals surface area contributed by atoms with Gasteiger partial charge in [-0.3, -0.25) is 19.6 Å². The van der Waals surface area contributed by atoms with Gasteiger partial charge in [0, 0.05) is 5.56 Å². The lowest BCUT2D eigenvalue weighted by molar-refractivity contribution is -0.386. The number of benzene rings is 2. The molecule has 1 aromatic heterocycles. The standard InChI is InChI=1S/C21H20FN5O4/c1-14-21(27(29)30)15(2)26(25-14)12-20(28)24-23-11-16-7-9-18(10-8-16)31-13-17-5-3-4-6-19(17)22/h3-11H,12-13H2,1-2H3,(H,24,28)/b23-11+. The van der Waals surface area contributed by atoms with Crippen molar-refractivity contribution < 1.29 is 18.8 Å². The molecule has 0 saturated carbocycles. The first-order valence-corrected chi connectivity index (χ1v) is 9.31. The SMILES string of the molecule is Cc1nn(CC(=O)N/N=C/c2ccc(OCc3ccccc3F)cc2)c(C)c1[N+](=O)[O-]. The number of hydrogen-bond acceptors (Lipinski definition) is 6. The maximum absolute atomic E-state index is 13.6. The van der Waals surface area contributed by atoms with Gasteiger partial charge < -0.3 is 4.74 Å². The number of nitrogens with zero attached hydrogens (tertiary/aromatic N) is 4. The highest BCUT2D eigenvalue weighted by Crippen LogP contribution is 2.21. The van der Waals surface area contributed by atoms with Gasteiger partial charge in [-0.1, -0.05) is 18.2 Å². The minimum Gasteiger partial charge on any atom is -0.489 e. The number of nitrogens with one attached hydrogen (secondary N) is 1. The molecule has 160 valence electrons. The summed E-state index contributed by atoms with van der Waals surface area (Å²) in [6.07, 6.45) is 1.45. The van der Waals surface area contributed by atoms with E-state index in [9.17, 15) is 19.3 Å². The van der Waals surface area contributed by atoms with E-state index in [-0.39, 0.29) is 30.4 Å². The number of rotatable bonds is 8. The van der Waals surface area contributed by atoms with Crippen molar-refractivity contribution in [3.8, 4) is 5.75 Å². The van der Waals surface area contributed by atoms with Crippen LogP contribution in [0.25, 0.3) is 0 Å². The van der Waals surface area contributed by atoms with Crippen molar-refractivity contribution in [3.63, 3.8) is 0 Å². The smallest absolute Gasteiger partial charge is 0.312 e. The fraction of sp³-hybridized carbons (Fsp3) is 0.190. The Labute approximate surface area is 177 Å². The molecule has 1 heterocycles. The Morgan fingerprint density at radius 2 is 1.97 bits per heavy atom. The van der Waals surface area contributed by atoms with Crippen molar-refractivity contribution in [3.05, 3.63) is 87.0 Å². The van der Waals surface area contributed by atoms with E-state index >= 15 is 0 Å². The highest BCUT2D eigenvalue weighted by molar-refractivity contribution is 5.82. The van der Waals surface area contributed by atoms with Gasteiger partial charge in [-0.2, -0.15) is 10.2 Å².